The molecule has 2 rings (SSSR count). The Bertz CT molecular complexity index is 527. The summed E-state index contributed by atoms with van der Waals surface area (Å²) >= 11 is 0. The lowest BCUT2D eigenvalue weighted by Crippen LogP contribution is -1.94. The molecule has 0 aromatic heterocycles. The van der Waals surface area contributed by atoms with E-state index in [2.05, 4.69) is 0 Å². The predicted molar refractivity (Wildman–Crippen MR) is 84.4 cm³/mol. The van der Waals surface area contributed by atoms with Gasteiger partial charge in [-0.1, -0.05) is 19.9 Å². The van der Waals surface area contributed by atoms with Crippen molar-refractivity contribution in [3.8, 4) is 11.5 Å². The zero-order valence-corrected chi connectivity index (χ0v) is 13.0. The van der Waals surface area contributed by atoms with Crippen LogP contribution in [0, 0.1) is 11.6 Å². The number of halogens is 2. The number of benzene rings is 2. The van der Waals surface area contributed by atoms with Crippen LogP contribution in [0.2, 0.25) is 0 Å². The molecule has 0 saturated heterocycles. The fraction of sp³-hybridized carbons (Fsp3) is 0.333. The first-order chi connectivity index (χ1) is 10.7. The average molecular weight is 308 g/mol. The normalized spacial score (nSPS) is 9.64. The maximum atomic E-state index is 12.5. The van der Waals surface area contributed by atoms with Gasteiger partial charge in [-0.15, -0.1) is 0 Å². The molecule has 0 spiro atoms. The summed E-state index contributed by atoms with van der Waals surface area (Å²) in [5, 5.41) is 0. The number of rotatable bonds is 6. The highest BCUT2D eigenvalue weighted by atomic mass is 19.1. The van der Waals surface area contributed by atoms with Gasteiger partial charge >= 0.3 is 0 Å². The van der Waals surface area contributed by atoms with E-state index in [1.807, 2.05) is 13.8 Å². The van der Waals surface area contributed by atoms with Crippen molar-refractivity contribution in [2.24, 2.45) is 0 Å². The predicted octanol–water partition coefficient (Wildman–Crippen LogP) is 5.23. The van der Waals surface area contributed by atoms with Crippen molar-refractivity contribution < 1.29 is 18.3 Å². The minimum atomic E-state index is -0.251. The van der Waals surface area contributed by atoms with Crippen molar-refractivity contribution in [1.82, 2.24) is 0 Å². The molecule has 120 valence electrons. The molecule has 0 atom stereocenters. The third-order valence-corrected chi connectivity index (χ3v) is 2.56. The third-order valence-electron chi connectivity index (χ3n) is 2.56. The molecule has 0 bridgehead atoms. The lowest BCUT2D eigenvalue weighted by atomic mass is 10.3. The molecule has 22 heavy (non-hydrogen) atoms. The summed E-state index contributed by atoms with van der Waals surface area (Å²) in [5.74, 6) is 0.854. The van der Waals surface area contributed by atoms with E-state index in [1.165, 1.54) is 24.3 Å². The van der Waals surface area contributed by atoms with Gasteiger partial charge in [0.2, 0.25) is 0 Å². The Morgan fingerprint density at radius 1 is 0.727 bits per heavy atom. The summed E-state index contributed by atoms with van der Waals surface area (Å²) in [7, 11) is 0. The van der Waals surface area contributed by atoms with E-state index in [0.717, 1.165) is 18.6 Å². The van der Waals surface area contributed by atoms with Gasteiger partial charge < -0.3 is 9.47 Å². The van der Waals surface area contributed by atoms with Crippen LogP contribution < -0.4 is 9.47 Å². The summed E-state index contributed by atoms with van der Waals surface area (Å²) in [5.41, 5.74) is 0. The highest BCUT2D eigenvalue weighted by Crippen LogP contribution is 2.12. The number of ether oxygens (including phenoxy) is 2. The van der Waals surface area contributed by atoms with E-state index in [0.29, 0.717) is 19.0 Å². The van der Waals surface area contributed by atoms with Crippen LogP contribution in [0.5, 0.6) is 11.5 Å². The quantitative estimate of drug-likeness (QED) is 0.727. The Hall–Kier alpha value is -2.10. The lowest BCUT2D eigenvalue weighted by Gasteiger charge is -2.02. The summed E-state index contributed by atoms with van der Waals surface area (Å²) in [6.07, 6.45) is 1.91. The molecule has 4 heteroatoms. The van der Waals surface area contributed by atoms with Crippen LogP contribution in [0.4, 0.5) is 8.78 Å². The van der Waals surface area contributed by atoms with Gasteiger partial charge in [-0.2, -0.15) is 0 Å². The summed E-state index contributed by atoms with van der Waals surface area (Å²) in [6, 6.07) is 12.2. The van der Waals surface area contributed by atoms with Crippen molar-refractivity contribution >= 4 is 0 Å². The van der Waals surface area contributed by atoms with E-state index in [4.69, 9.17) is 9.47 Å². The molecule has 0 radical (unpaired) electrons. The molecular formula is C18H22F2O2. The maximum absolute atomic E-state index is 12.5. The molecule has 2 nitrogen and oxygen atoms in total. The third kappa shape index (κ3) is 7.62. The monoisotopic (exact) mass is 308 g/mol. The maximum Gasteiger partial charge on any atom is 0.126 e. The molecule has 0 saturated carbocycles. The molecule has 0 aliphatic heterocycles. The molecule has 2 aromatic rings. The molecule has 0 aliphatic carbocycles. The van der Waals surface area contributed by atoms with E-state index in [9.17, 15) is 8.78 Å². The minimum absolute atomic E-state index is 0.228. The second-order valence-electron chi connectivity index (χ2n) is 4.61. The van der Waals surface area contributed by atoms with Gasteiger partial charge in [0.05, 0.1) is 13.2 Å². The van der Waals surface area contributed by atoms with Crippen LogP contribution in [-0.4, -0.2) is 13.2 Å². The van der Waals surface area contributed by atoms with Crippen molar-refractivity contribution in [3.05, 3.63) is 60.2 Å². The van der Waals surface area contributed by atoms with E-state index < -0.39 is 0 Å². The number of hydrogen-bond acceptors (Lipinski definition) is 2. The molecule has 0 fully saturated rings. The Balaban J connectivity index is 0.000000220. The van der Waals surface area contributed by atoms with Crippen molar-refractivity contribution in [1.29, 1.82) is 0 Å². The molecule has 0 aliphatic rings. The van der Waals surface area contributed by atoms with Gasteiger partial charge in [0, 0.05) is 6.07 Å². The van der Waals surface area contributed by atoms with Crippen LogP contribution in [-0.2, 0) is 0 Å². The lowest BCUT2D eigenvalue weighted by molar-refractivity contribution is 0.316. The van der Waals surface area contributed by atoms with Crippen molar-refractivity contribution in [2.75, 3.05) is 13.2 Å². The highest BCUT2D eigenvalue weighted by Gasteiger charge is 1.93. The Morgan fingerprint density at radius 2 is 1.32 bits per heavy atom. The van der Waals surface area contributed by atoms with E-state index in [1.54, 1.807) is 24.3 Å². The molecule has 2 aromatic carbocycles. The summed E-state index contributed by atoms with van der Waals surface area (Å²) < 4.78 is 35.3. The Kier molecular flexibility index (Phi) is 8.65. The summed E-state index contributed by atoms with van der Waals surface area (Å²) in [6.45, 7) is 5.37. The Morgan fingerprint density at radius 3 is 1.86 bits per heavy atom. The van der Waals surface area contributed by atoms with Gasteiger partial charge in [0.25, 0.3) is 0 Å². The highest BCUT2D eigenvalue weighted by molar-refractivity contribution is 5.22. The van der Waals surface area contributed by atoms with Gasteiger partial charge in [-0.25, -0.2) is 8.78 Å². The van der Waals surface area contributed by atoms with Gasteiger partial charge in [0.1, 0.15) is 23.1 Å². The molecule has 0 unspecified atom stereocenters. The van der Waals surface area contributed by atoms with Crippen LogP contribution in [0.1, 0.15) is 26.7 Å². The fourth-order valence-corrected chi connectivity index (χ4v) is 1.53. The van der Waals surface area contributed by atoms with Gasteiger partial charge in [0.15, 0.2) is 0 Å². The van der Waals surface area contributed by atoms with E-state index >= 15 is 0 Å². The molecule has 0 heterocycles. The smallest absolute Gasteiger partial charge is 0.126 e. The first kappa shape index (κ1) is 18.0. The first-order valence-corrected chi connectivity index (χ1v) is 7.42. The number of hydrogen-bond donors (Lipinski definition) is 0. The first-order valence-electron chi connectivity index (χ1n) is 7.42. The molecule has 0 amide bonds. The van der Waals surface area contributed by atoms with Crippen molar-refractivity contribution in [3.63, 3.8) is 0 Å². The zero-order chi connectivity index (χ0) is 16.2. The summed E-state index contributed by atoms with van der Waals surface area (Å²) in [4.78, 5) is 0. The van der Waals surface area contributed by atoms with Gasteiger partial charge in [-0.05, 0) is 49.2 Å². The second-order valence-corrected chi connectivity index (χ2v) is 4.61. The molecular weight excluding hydrogens is 286 g/mol. The standard InChI is InChI=1S/2C9H11FO/c1-2-7-11-9-5-3-8(10)4-6-9;1-2-6-11-9-5-3-4-8(10)7-9/h3-6H,2,7H2,1H3;3-5,7H,2,6H2,1H3. The van der Waals surface area contributed by atoms with Crippen LogP contribution >= 0.6 is 0 Å². The largest absolute Gasteiger partial charge is 0.494 e. The van der Waals surface area contributed by atoms with Crippen molar-refractivity contribution in [2.45, 2.75) is 26.7 Å². The average Bonchev–Trinajstić information content (AvgIpc) is 2.53. The SMILES string of the molecule is CCCOc1ccc(F)cc1.CCCOc1cccc(F)c1. The zero-order valence-electron chi connectivity index (χ0n) is 13.0. The topological polar surface area (TPSA) is 18.5 Å². The minimum Gasteiger partial charge on any atom is -0.494 e. The van der Waals surface area contributed by atoms with Crippen LogP contribution in [0.3, 0.4) is 0 Å². The fourth-order valence-electron chi connectivity index (χ4n) is 1.53. The second kappa shape index (κ2) is 10.6. The van der Waals surface area contributed by atoms with E-state index in [-0.39, 0.29) is 11.6 Å². The Labute approximate surface area is 130 Å². The van der Waals surface area contributed by atoms with Crippen LogP contribution in [0.25, 0.3) is 0 Å². The van der Waals surface area contributed by atoms with Gasteiger partial charge in [-0.3, -0.25) is 0 Å². The van der Waals surface area contributed by atoms with Crippen LogP contribution in [0.15, 0.2) is 48.5 Å². The molecule has 0 N–H and O–H groups in total.